The van der Waals surface area contributed by atoms with Gasteiger partial charge in [0.2, 0.25) is 5.91 Å². The smallest absolute Gasteiger partial charge is 0.222 e. The summed E-state index contributed by atoms with van der Waals surface area (Å²) in [6.07, 6.45) is 4.70. The van der Waals surface area contributed by atoms with Crippen LogP contribution in [0.5, 0.6) is 0 Å². The van der Waals surface area contributed by atoms with Gasteiger partial charge in [-0.05, 0) is 46.7 Å². The highest BCUT2D eigenvalue weighted by Crippen LogP contribution is 2.26. The lowest BCUT2D eigenvalue weighted by Gasteiger charge is -2.41. The Hall–Kier alpha value is -0.610. The number of halogens is 1. The van der Waals surface area contributed by atoms with Crippen LogP contribution in [-0.2, 0) is 9.53 Å². The summed E-state index contributed by atoms with van der Waals surface area (Å²) in [5.41, 5.74) is 0.0859. The maximum Gasteiger partial charge on any atom is 0.222 e. The number of nitrogens with zero attached hydrogens (tertiary/aromatic N) is 3. The van der Waals surface area contributed by atoms with Crippen molar-refractivity contribution in [1.29, 1.82) is 0 Å². The Morgan fingerprint density at radius 3 is 2.62 bits per heavy atom. The summed E-state index contributed by atoms with van der Waals surface area (Å²) in [7, 11) is 4.27. The number of rotatable bonds is 8. The summed E-state index contributed by atoms with van der Waals surface area (Å²) >= 11 is 0. The molecule has 0 radical (unpaired) electrons. The Bertz CT molecular complexity index is 453. The van der Waals surface area contributed by atoms with Gasteiger partial charge in [0.15, 0.2) is 5.96 Å². The molecule has 0 spiro atoms. The number of hydrogen-bond donors (Lipinski definition) is 2. The predicted molar refractivity (Wildman–Crippen MR) is 116 cm³/mol. The van der Waals surface area contributed by atoms with Gasteiger partial charge in [-0.3, -0.25) is 9.79 Å². The van der Waals surface area contributed by atoms with Crippen molar-refractivity contribution < 1.29 is 9.53 Å². The first-order chi connectivity index (χ1) is 12.1. The van der Waals surface area contributed by atoms with Crippen molar-refractivity contribution in [3.05, 3.63) is 0 Å². The number of nitrogens with one attached hydrogen (secondary N) is 2. The molecule has 2 rings (SSSR count). The highest BCUT2D eigenvalue weighted by molar-refractivity contribution is 14.0. The van der Waals surface area contributed by atoms with E-state index in [2.05, 4.69) is 36.6 Å². The minimum atomic E-state index is 0. The van der Waals surface area contributed by atoms with Crippen LogP contribution in [0.25, 0.3) is 0 Å². The zero-order chi connectivity index (χ0) is 18.1. The lowest BCUT2D eigenvalue weighted by atomic mass is 9.89. The van der Waals surface area contributed by atoms with E-state index in [1.165, 1.54) is 0 Å². The quantitative estimate of drug-likeness (QED) is 0.237. The molecule has 2 aliphatic heterocycles. The average Bonchev–Trinajstić information content (AvgIpc) is 3.02. The van der Waals surface area contributed by atoms with E-state index in [-0.39, 0.29) is 29.5 Å². The molecule has 0 aliphatic carbocycles. The molecule has 2 heterocycles. The van der Waals surface area contributed by atoms with E-state index in [9.17, 15) is 4.79 Å². The first-order valence-corrected chi connectivity index (χ1v) is 9.62. The van der Waals surface area contributed by atoms with E-state index < -0.39 is 0 Å². The van der Waals surface area contributed by atoms with Crippen molar-refractivity contribution >= 4 is 35.8 Å². The van der Waals surface area contributed by atoms with E-state index in [1.54, 1.807) is 0 Å². The van der Waals surface area contributed by atoms with Crippen LogP contribution in [0.15, 0.2) is 4.99 Å². The van der Waals surface area contributed by atoms with Crippen LogP contribution in [0.3, 0.4) is 0 Å². The SMILES string of the molecule is CCNC(=NCC1(N(C)C)CCOCC1)NCCCN1CCCC1=O.I. The molecule has 0 aromatic rings. The second kappa shape index (κ2) is 12.0. The Morgan fingerprint density at radius 2 is 2.04 bits per heavy atom. The molecule has 0 aromatic heterocycles. The average molecular weight is 481 g/mol. The first-order valence-electron chi connectivity index (χ1n) is 9.62. The topological polar surface area (TPSA) is 69.2 Å². The molecule has 2 saturated heterocycles. The van der Waals surface area contributed by atoms with Gasteiger partial charge in [-0.15, -0.1) is 24.0 Å². The molecule has 0 atom stereocenters. The standard InChI is InChI=1S/C18H35N5O2.HI/c1-4-19-17(20-10-6-12-23-11-5-7-16(23)24)21-15-18(22(2)3)8-13-25-14-9-18;/h4-15H2,1-3H3,(H2,19,20,21);1H. The van der Waals surface area contributed by atoms with Gasteiger partial charge >= 0.3 is 0 Å². The largest absolute Gasteiger partial charge is 0.381 e. The molecule has 2 N–H and O–H groups in total. The van der Waals surface area contributed by atoms with Gasteiger partial charge in [-0.2, -0.15) is 0 Å². The number of aliphatic imine (C=N–C) groups is 1. The lowest BCUT2D eigenvalue weighted by Crippen LogP contribution is -2.51. The Morgan fingerprint density at radius 1 is 1.31 bits per heavy atom. The van der Waals surface area contributed by atoms with E-state index >= 15 is 0 Å². The Kier molecular flexibility index (Phi) is 10.8. The minimum Gasteiger partial charge on any atom is -0.381 e. The normalized spacial score (nSPS) is 20.2. The summed E-state index contributed by atoms with van der Waals surface area (Å²) in [4.78, 5) is 20.7. The number of likely N-dealkylation sites (tertiary alicyclic amines) is 1. The number of amides is 1. The van der Waals surface area contributed by atoms with E-state index in [1.807, 2.05) is 4.90 Å². The number of ether oxygens (including phenoxy) is 1. The summed E-state index contributed by atoms with van der Waals surface area (Å²) in [5, 5.41) is 6.73. The van der Waals surface area contributed by atoms with Gasteiger partial charge in [-0.1, -0.05) is 0 Å². The first kappa shape index (κ1) is 23.4. The molecule has 8 heteroatoms. The van der Waals surface area contributed by atoms with E-state index in [0.717, 1.165) is 77.6 Å². The summed E-state index contributed by atoms with van der Waals surface area (Å²) < 4.78 is 5.53. The molecule has 2 fully saturated rings. The molecular weight excluding hydrogens is 445 g/mol. The van der Waals surface area contributed by atoms with E-state index in [0.29, 0.717) is 12.3 Å². The highest BCUT2D eigenvalue weighted by Gasteiger charge is 2.34. The zero-order valence-corrected chi connectivity index (χ0v) is 18.9. The fourth-order valence-corrected chi connectivity index (χ4v) is 3.48. The van der Waals surface area contributed by atoms with Crippen LogP contribution in [0.4, 0.5) is 0 Å². The van der Waals surface area contributed by atoms with Crippen molar-refractivity contribution in [2.24, 2.45) is 4.99 Å². The molecule has 0 bridgehead atoms. The van der Waals surface area contributed by atoms with Crippen LogP contribution in [0.2, 0.25) is 0 Å². The third kappa shape index (κ3) is 6.84. The summed E-state index contributed by atoms with van der Waals surface area (Å²) in [6.45, 7) is 7.88. The lowest BCUT2D eigenvalue weighted by molar-refractivity contribution is -0.127. The van der Waals surface area contributed by atoms with Crippen molar-refractivity contribution in [2.75, 3.05) is 60.0 Å². The van der Waals surface area contributed by atoms with Gasteiger partial charge < -0.3 is 25.2 Å². The van der Waals surface area contributed by atoms with Gasteiger partial charge in [0.25, 0.3) is 0 Å². The molecule has 2 aliphatic rings. The monoisotopic (exact) mass is 481 g/mol. The number of carbonyl (C=O) groups excluding carboxylic acids is 1. The van der Waals surface area contributed by atoms with E-state index in [4.69, 9.17) is 9.73 Å². The fraction of sp³-hybridized carbons (Fsp3) is 0.889. The Labute approximate surface area is 175 Å². The molecule has 7 nitrogen and oxygen atoms in total. The maximum absolute atomic E-state index is 11.6. The predicted octanol–water partition coefficient (Wildman–Crippen LogP) is 1.28. The number of guanidine groups is 1. The molecule has 0 saturated carbocycles. The van der Waals surface area contributed by atoms with Gasteiger partial charge in [0.1, 0.15) is 0 Å². The second-order valence-electron chi connectivity index (χ2n) is 7.19. The molecule has 0 aromatic carbocycles. The fourth-order valence-electron chi connectivity index (χ4n) is 3.48. The molecule has 152 valence electrons. The Balaban J connectivity index is 0.00000338. The maximum atomic E-state index is 11.6. The van der Waals surface area contributed by atoms with Gasteiger partial charge in [0.05, 0.1) is 6.54 Å². The zero-order valence-electron chi connectivity index (χ0n) is 16.6. The third-order valence-electron chi connectivity index (χ3n) is 5.32. The highest BCUT2D eigenvalue weighted by atomic mass is 127. The molecule has 1 amide bonds. The van der Waals surface area contributed by atoms with Crippen LogP contribution in [0.1, 0.15) is 39.0 Å². The van der Waals surface area contributed by atoms with Crippen LogP contribution in [-0.4, -0.2) is 87.2 Å². The number of likely N-dealkylation sites (N-methyl/N-ethyl adjacent to an activating group) is 1. The molecule has 26 heavy (non-hydrogen) atoms. The third-order valence-corrected chi connectivity index (χ3v) is 5.32. The van der Waals surface area contributed by atoms with Crippen LogP contribution < -0.4 is 10.6 Å². The van der Waals surface area contributed by atoms with Crippen molar-refractivity contribution in [3.63, 3.8) is 0 Å². The minimum absolute atomic E-state index is 0. The number of carbonyl (C=O) groups is 1. The summed E-state index contributed by atoms with van der Waals surface area (Å²) in [6, 6.07) is 0. The molecular formula is C18H36IN5O2. The molecule has 0 unspecified atom stereocenters. The second-order valence-corrected chi connectivity index (χ2v) is 7.19. The number of hydrogen-bond acceptors (Lipinski definition) is 4. The van der Waals surface area contributed by atoms with Crippen LogP contribution >= 0.6 is 24.0 Å². The van der Waals surface area contributed by atoms with Gasteiger partial charge in [-0.25, -0.2) is 0 Å². The van der Waals surface area contributed by atoms with Crippen molar-refractivity contribution in [1.82, 2.24) is 20.4 Å². The van der Waals surface area contributed by atoms with Crippen molar-refractivity contribution in [3.8, 4) is 0 Å². The summed E-state index contributed by atoms with van der Waals surface area (Å²) in [5.74, 6) is 1.16. The van der Waals surface area contributed by atoms with Crippen LogP contribution in [0, 0.1) is 0 Å². The van der Waals surface area contributed by atoms with Gasteiger partial charge in [0, 0.05) is 51.4 Å². The van der Waals surface area contributed by atoms with Crippen molar-refractivity contribution in [2.45, 2.75) is 44.6 Å².